The quantitative estimate of drug-likeness (QED) is 0.319. The summed E-state index contributed by atoms with van der Waals surface area (Å²) in [7, 11) is 2.17. The predicted molar refractivity (Wildman–Crippen MR) is 147 cm³/mol. The lowest BCUT2D eigenvalue weighted by Gasteiger charge is -2.32. The normalized spacial score (nSPS) is 14.9. The van der Waals surface area contributed by atoms with Gasteiger partial charge in [0.15, 0.2) is 0 Å². The van der Waals surface area contributed by atoms with Crippen LogP contribution in [0.1, 0.15) is 27.1 Å². The summed E-state index contributed by atoms with van der Waals surface area (Å²) in [6.07, 6.45) is 4.05. The molecule has 0 spiro atoms. The van der Waals surface area contributed by atoms with Crippen molar-refractivity contribution in [3.05, 3.63) is 87.1 Å². The number of piperazine rings is 1. The largest absolute Gasteiger partial charge is 0.398 e. The van der Waals surface area contributed by atoms with Gasteiger partial charge in [0.2, 0.25) is 5.91 Å². The van der Waals surface area contributed by atoms with Crippen molar-refractivity contribution in [1.82, 2.24) is 9.80 Å². The molecule has 0 bridgehead atoms. The molecule has 0 unspecified atom stereocenters. The highest BCUT2D eigenvalue weighted by Gasteiger charge is 2.14. The zero-order chi connectivity index (χ0) is 24.8. The van der Waals surface area contributed by atoms with Crippen molar-refractivity contribution in [2.75, 3.05) is 44.3 Å². The molecule has 0 aliphatic carbocycles. The first-order valence-corrected chi connectivity index (χ1v) is 12.7. The number of aryl methyl sites for hydroxylation is 1. The third kappa shape index (κ3) is 6.88. The number of amides is 1. The summed E-state index contributed by atoms with van der Waals surface area (Å²) in [6.45, 7) is 7.22. The second kappa shape index (κ2) is 11.4. The highest BCUT2D eigenvalue weighted by Crippen LogP contribution is 2.24. The third-order valence-corrected chi connectivity index (χ3v) is 7.15. The molecule has 2 heterocycles. The van der Waals surface area contributed by atoms with E-state index < -0.39 is 0 Å². The number of allylic oxidation sites excluding steroid dienone is 1. The number of thiophene rings is 1. The number of hydrogen-bond acceptors (Lipinski definition) is 6. The standard InChI is InChI=1S/C28H33N5OS/c1-20-15-26(30)24(18-27(20)31-28(34)17-23-7-4-14-35-23)25(29)9-8-21-5-3-6-22(16-21)19-33-12-10-32(2)11-13-33/h3-9,14-16,18,29H,10-13,17,19,30H2,1-2H3,(H,31,34)/b9-8+,29-25?. The summed E-state index contributed by atoms with van der Waals surface area (Å²) < 4.78 is 0. The maximum absolute atomic E-state index is 12.5. The van der Waals surface area contributed by atoms with Crippen molar-refractivity contribution < 1.29 is 4.79 Å². The van der Waals surface area contributed by atoms with E-state index in [-0.39, 0.29) is 5.91 Å². The molecular weight excluding hydrogens is 454 g/mol. The first-order chi connectivity index (χ1) is 16.9. The van der Waals surface area contributed by atoms with Crippen LogP contribution in [0.5, 0.6) is 0 Å². The lowest BCUT2D eigenvalue weighted by Crippen LogP contribution is -2.43. The van der Waals surface area contributed by atoms with Gasteiger partial charge in [-0.05, 0) is 60.3 Å². The molecule has 0 saturated carbocycles. The predicted octanol–water partition coefficient (Wildman–Crippen LogP) is 4.65. The van der Waals surface area contributed by atoms with Gasteiger partial charge in [0, 0.05) is 54.5 Å². The Labute approximate surface area is 211 Å². The van der Waals surface area contributed by atoms with Gasteiger partial charge in [0.25, 0.3) is 0 Å². The molecule has 1 aliphatic heterocycles. The number of carbonyl (C=O) groups is 1. The summed E-state index contributed by atoms with van der Waals surface area (Å²) in [5.74, 6) is -0.0782. The number of rotatable bonds is 8. The van der Waals surface area contributed by atoms with Crippen molar-refractivity contribution in [2.45, 2.75) is 19.9 Å². The monoisotopic (exact) mass is 487 g/mol. The fourth-order valence-electron chi connectivity index (χ4n) is 4.19. The summed E-state index contributed by atoms with van der Waals surface area (Å²) in [5, 5.41) is 13.6. The topological polar surface area (TPSA) is 85.5 Å². The molecular formula is C28H33N5OS. The summed E-state index contributed by atoms with van der Waals surface area (Å²) in [6, 6.07) is 16.0. The van der Waals surface area contributed by atoms with Gasteiger partial charge in [-0.15, -0.1) is 11.3 Å². The molecule has 4 N–H and O–H groups in total. The van der Waals surface area contributed by atoms with Crippen molar-refractivity contribution >= 4 is 40.4 Å². The summed E-state index contributed by atoms with van der Waals surface area (Å²) >= 11 is 1.56. The molecule has 0 atom stereocenters. The lowest BCUT2D eigenvalue weighted by atomic mass is 10.0. The number of nitrogens with zero attached hydrogens (tertiary/aromatic N) is 2. The highest BCUT2D eigenvalue weighted by atomic mass is 32.1. The Kier molecular flexibility index (Phi) is 8.13. The van der Waals surface area contributed by atoms with Gasteiger partial charge in [-0.2, -0.15) is 0 Å². The van der Waals surface area contributed by atoms with Crippen LogP contribution in [-0.2, 0) is 17.8 Å². The number of nitrogen functional groups attached to an aromatic ring is 1. The Balaban J connectivity index is 1.43. The number of nitrogens with one attached hydrogen (secondary N) is 2. The van der Waals surface area contributed by atoms with E-state index in [0.717, 1.165) is 48.7 Å². The molecule has 3 aromatic rings. The van der Waals surface area contributed by atoms with E-state index in [9.17, 15) is 4.79 Å². The second-order valence-electron chi connectivity index (χ2n) is 9.13. The number of likely N-dealkylation sites (N-methyl/N-ethyl adjacent to an activating group) is 1. The molecule has 1 aromatic heterocycles. The summed E-state index contributed by atoms with van der Waals surface area (Å²) in [5.41, 5.74) is 11.6. The van der Waals surface area contributed by atoms with E-state index in [1.165, 1.54) is 5.56 Å². The SMILES string of the molecule is Cc1cc(N)c(C(=N)/C=C/c2cccc(CN3CCN(C)CC3)c2)cc1NC(=O)Cc1cccs1. The molecule has 35 heavy (non-hydrogen) atoms. The van der Waals surface area contributed by atoms with Gasteiger partial charge in [-0.1, -0.05) is 36.4 Å². The van der Waals surface area contributed by atoms with Crippen LogP contribution >= 0.6 is 11.3 Å². The molecule has 2 aromatic carbocycles. The van der Waals surface area contributed by atoms with Gasteiger partial charge in [-0.25, -0.2) is 0 Å². The second-order valence-corrected chi connectivity index (χ2v) is 10.2. The Morgan fingerprint density at radius 1 is 1.14 bits per heavy atom. The van der Waals surface area contributed by atoms with Crippen LogP contribution in [0.15, 0.2) is 60.0 Å². The van der Waals surface area contributed by atoms with Crippen molar-refractivity contribution in [3.8, 4) is 0 Å². The zero-order valence-electron chi connectivity index (χ0n) is 20.4. The fourth-order valence-corrected chi connectivity index (χ4v) is 4.90. The van der Waals surface area contributed by atoms with E-state index in [0.29, 0.717) is 29.1 Å². The van der Waals surface area contributed by atoms with Crippen LogP contribution < -0.4 is 11.1 Å². The average Bonchev–Trinajstić information content (AvgIpc) is 3.34. The van der Waals surface area contributed by atoms with Crippen molar-refractivity contribution in [2.24, 2.45) is 0 Å². The van der Waals surface area contributed by atoms with Crippen LogP contribution in [0.2, 0.25) is 0 Å². The van der Waals surface area contributed by atoms with Gasteiger partial charge in [-0.3, -0.25) is 9.69 Å². The number of nitrogens with two attached hydrogens (primary N) is 1. The van der Waals surface area contributed by atoms with Crippen LogP contribution in [0.25, 0.3) is 6.08 Å². The number of carbonyl (C=O) groups excluding carboxylic acids is 1. The summed E-state index contributed by atoms with van der Waals surface area (Å²) in [4.78, 5) is 18.3. The number of hydrogen-bond donors (Lipinski definition) is 3. The van der Waals surface area contributed by atoms with E-state index in [1.807, 2.05) is 42.6 Å². The van der Waals surface area contributed by atoms with Crippen molar-refractivity contribution in [3.63, 3.8) is 0 Å². The molecule has 182 valence electrons. The molecule has 0 radical (unpaired) electrons. The molecule has 4 rings (SSSR count). The third-order valence-electron chi connectivity index (χ3n) is 6.27. The van der Waals surface area contributed by atoms with Crippen LogP contribution in [0, 0.1) is 12.3 Å². The fraction of sp³-hybridized carbons (Fsp3) is 0.286. The van der Waals surface area contributed by atoms with Crippen LogP contribution in [0.3, 0.4) is 0 Å². The number of benzene rings is 2. The number of anilines is 2. The molecule has 1 fully saturated rings. The van der Waals surface area contributed by atoms with Gasteiger partial charge in [0.05, 0.1) is 12.1 Å². The van der Waals surface area contributed by atoms with Crippen molar-refractivity contribution in [1.29, 1.82) is 5.41 Å². The first-order valence-electron chi connectivity index (χ1n) is 11.9. The minimum atomic E-state index is -0.0782. The highest BCUT2D eigenvalue weighted by molar-refractivity contribution is 7.10. The smallest absolute Gasteiger partial charge is 0.229 e. The Morgan fingerprint density at radius 3 is 2.69 bits per heavy atom. The Bertz CT molecular complexity index is 1210. The van der Waals surface area contributed by atoms with E-state index in [4.69, 9.17) is 11.1 Å². The van der Waals surface area contributed by atoms with Gasteiger partial charge < -0.3 is 21.4 Å². The van der Waals surface area contributed by atoms with E-state index >= 15 is 0 Å². The molecule has 1 amide bonds. The maximum Gasteiger partial charge on any atom is 0.229 e. The average molecular weight is 488 g/mol. The Hall–Kier alpha value is -3.26. The van der Waals surface area contributed by atoms with Crippen LogP contribution in [0.4, 0.5) is 11.4 Å². The Morgan fingerprint density at radius 2 is 1.94 bits per heavy atom. The molecule has 6 nitrogen and oxygen atoms in total. The van der Waals surface area contributed by atoms with Gasteiger partial charge in [0.1, 0.15) is 0 Å². The molecule has 1 aliphatic rings. The minimum absolute atomic E-state index is 0.0782. The van der Waals surface area contributed by atoms with Gasteiger partial charge >= 0.3 is 0 Å². The molecule has 7 heteroatoms. The molecule has 1 saturated heterocycles. The van der Waals surface area contributed by atoms with E-state index in [1.54, 1.807) is 23.5 Å². The lowest BCUT2D eigenvalue weighted by molar-refractivity contribution is -0.115. The van der Waals surface area contributed by atoms with Crippen LogP contribution in [-0.4, -0.2) is 54.6 Å². The zero-order valence-corrected chi connectivity index (χ0v) is 21.2. The van der Waals surface area contributed by atoms with E-state index in [2.05, 4.69) is 40.4 Å². The first kappa shape index (κ1) is 24.9. The maximum atomic E-state index is 12.5. The minimum Gasteiger partial charge on any atom is -0.398 e.